The maximum Gasteiger partial charge on any atom is 0.433 e. The number of halogens is 3. The smallest absolute Gasteiger partial charge is 0.362 e. The summed E-state index contributed by atoms with van der Waals surface area (Å²) in [5, 5.41) is 0. The van der Waals surface area contributed by atoms with Crippen molar-refractivity contribution < 1.29 is 13.2 Å². The molecule has 0 spiro atoms. The lowest BCUT2D eigenvalue weighted by Crippen LogP contribution is -2.49. The SMILES string of the molecule is Cc1cc(C)nc(CC(=S)N2CCN(c3nccc(C(F)(F)F)n3)CC2)c1. The van der Waals surface area contributed by atoms with Crippen molar-refractivity contribution in [2.45, 2.75) is 26.4 Å². The van der Waals surface area contributed by atoms with Crippen LogP contribution in [-0.2, 0) is 12.6 Å². The first kappa shape index (κ1) is 19.5. The number of pyridine rings is 1. The lowest BCUT2D eigenvalue weighted by atomic mass is 10.1. The van der Waals surface area contributed by atoms with Gasteiger partial charge in [-0.3, -0.25) is 4.98 Å². The number of anilines is 1. The molecule has 27 heavy (non-hydrogen) atoms. The minimum absolute atomic E-state index is 0.103. The number of hydrogen-bond acceptors (Lipinski definition) is 5. The molecule has 0 aliphatic carbocycles. The Kier molecular flexibility index (Phi) is 5.59. The van der Waals surface area contributed by atoms with E-state index in [0.717, 1.165) is 34.2 Å². The summed E-state index contributed by atoms with van der Waals surface area (Å²) in [6.45, 7) is 6.23. The van der Waals surface area contributed by atoms with Gasteiger partial charge in [0.05, 0.1) is 4.99 Å². The second-order valence-electron chi connectivity index (χ2n) is 6.56. The third kappa shape index (κ3) is 4.91. The van der Waals surface area contributed by atoms with Gasteiger partial charge in [-0.1, -0.05) is 12.2 Å². The summed E-state index contributed by atoms with van der Waals surface area (Å²) in [5.74, 6) is 0.103. The van der Waals surface area contributed by atoms with Crippen LogP contribution in [0, 0.1) is 13.8 Å². The summed E-state index contributed by atoms with van der Waals surface area (Å²) in [7, 11) is 0. The Hall–Kier alpha value is -2.29. The lowest BCUT2D eigenvalue weighted by Gasteiger charge is -2.36. The van der Waals surface area contributed by atoms with Gasteiger partial charge < -0.3 is 9.80 Å². The Morgan fingerprint density at radius 2 is 1.81 bits per heavy atom. The van der Waals surface area contributed by atoms with E-state index in [1.165, 1.54) is 0 Å². The molecule has 0 radical (unpaired) electrons. The minimum Gasteiger partial charge on any atom is -0.362 e. The van der Waals surface area contributed by atoms with Gasteiger partial charge in [-0.05, 0) is 37.6 Å². The van der Waals surface area contributed by atoms with Crippen LogP contribution in [0.15, 0.2) is 24.4 Å². The molecule has 1 aliphatic heterocycles. The van der Waals surface area contributed by atoms with Crippen molar-refractivity contribution in [2.75, 3.05) is 31.1 Å². The Morgan fingerprint density at radius 3 is 2.44 bits per heavy atom. The van der Waals surface area contributed by atoms with E-state index in [2.05, 4.69) is 19.9 Å². The highest BCUT2D eigenvalue weighted by atomic mass is 32.1. The molecule has 1 fully saturated rings. The minimum atomic E-state index is -4.47. The largest absolute Gasteiger partial charge is 0.433 e. The normalized spacial score (nSPS) is 15.1. The zero-order valence-electron chi connectivity index (χ0n) is 15.1. The van der Waals surface area contributed by atoms with Gasteiger partial charge in [-0.15, -0.1) is 0 Å². The van der Waals surface area contributed by atoms with Crippen molar-refractivity contribution in [1.29, 1.82) is 0 Å². The van der Waals surface area contributed by atoms with Crippen LogP contribution >= 0.6 is 12.2 Å². The summed E-state index contributed by atoms with van der Waals surface area (Å²) in [6, 6.07) is 4.91. The molecule has 0 amide bonds. The van der Waals surface area contributed by atoms with Crippen LogP contribution in [0.3, 0.4) is 0 Å². The van der Waals surface area contributed by atoms with Crippen molar-refractivity contribution in [3.8, 4) is 0 Å². The molecule has 0 saturated carbocycles. The second-order valence-corrected chi connectivity index (χ2v) is 7.03. The monoisotopic (exact) mass is 395 g/mol. The molecule has 3 heterocycles. The molecule has 144 valence electrons. The number of nitrogens with zero attached hydrogens (tertiary/aromatic N) is 5. The highest BCUT2D eigenvalue weighted by molar-refractivity contribution is 7.80. The molecule has 1 aliphatic rings. The van der Waals surface area contributed by atoms with Crippen LogP contribution in [0.1, 0.15) is 22.6 Å². The molecule has 9 heteroatoms. The molecule has 5 nitrogen and oxygen atoms in total. The first-order valence-corrected chi connectivity index (χ1v) is 9.00. The first-order chi connectivity index (χ1) is 12.7. The van der Waals surface area contributed by atoms with Crippen molar-refractivity contribution in [1.82, 2.24) is 19.9 Å². The number of aryl methyl sites for hydroxylation is 2. The van der Waals surface area contributed by atoms with Crippen LogP contribution in [0.25, 0.3) is 0 Å². The summed E-state index contributed by atoms with van der Waals surface area (Å²) in [5.41, 5.74) is 2.11. The van der Waals surface area contributed by atoms with Gasteiger partial charge in [-0.2, -0.15) is 13.2 Å². The lowest BCUT2D eigenvalue weighted by molar-refractivity contribution is -0.141. The number of aromatic nitrogens is 3. The topological polar surface area (TPSA) is 45.2 Å². The molecule has 2 aromatic heterocycles. The van der Waals surface area contributed by atoms with E-state index < -0.39 is 11.9 Å². The first-order valence-electron chi connectivity index (χ1n) is 8.59. The molecule has 0 atom stereocenters. The van der Waals surface area contributed by atoms with E-state index in [0.29, 0.717) is 32.6 Å². The molecule has 0 aromatic carbocycles. The van der Waals surface area contributed by atoms with E-state index in [1.807, 2.05) is 26.0 Å². The van der Waals surface area contributed by atoms with Crippen LogP contribution in [0.4, 0.5) is 19.1 Å². The number of thiocarbonyl (C=S) groups is 1. The summed E-state index contributed by atoms with van der Waals surface area (Å²) < 4.78 is 38.5. The molecule has 0 bridgehead atoms. The van der Waals surface area contributed by atoms with E-state index in [9.17, 15) is 13.2 Å². The van der Waals surface area contributed by atoms with Crippen LogP contribution in [0.2, 0.25) is 0 Å². The van der Waals surface area contributed by atoms with Crippen molar-refractivity contribution in [3.05, 3.63) is 47.0 Å². The fourth-order valence-corrected chi connectivity index (χ4v) is 3.43. The third-order valence-corrected chi connectivity index (χ3v) is 4.73. The predicted molar refractivity (Wildman–Crippen MR) is 101 cm³/mol. The van der Waals surface area contributed by atoms with Gasteiger partial charge >= 0.3 is 6.18 Å². The number of hydrogen-bond donors (Lipinski definition) is 0. The Morgan fingerprint density at radius 1 is 1.11 bits per heavy atom. The van der Waals surface area contributed by atoms with Crippen LogP contribution < -0.4 is 4.90 Å². The number of rotatable bonds is 3. The summed E-state index contributed by atoms with van der Waals surface area (Å²) >= 11 is 5.55. The molecular formula is C18H20F3N5S. The number of piperazine rings is 1. The highest BCUT2D eigenvalue weighted by Crippen LogP contribution is 2.28. The maximum atomic E-state index is 12.8. The average Bonchev–Trinajstić information content (AvgIpc) is 2.60. The number of alkyl halides is 3. The average molecular weight is 395 g/mol. The molecule has 3 rings (SSSR count). The standard InChI is InChI=1S/C18H20F3N5S/c1-12-9-13(2)23-14(10-12)11-16(27)25-5-7-26(8-6-25)17-22-4-3-15(24-17)18(19,20)21/h3-4,9-10H,5-8,11H2,1-2H3. The van der Waals surface area contributed by atoms with Gasteiger partial charge in [0.1, 0.15) is 5.69 Å². The zero-order chi connectivity index (χ0) is 19.6. The fourth-order valence-electron chi connectivity index (χ4n) is 3.10. The van der Waals surface area contributed by atoms with Gasteiger partial charge in [0, 0.05) is 50.2 Å². The van der Waals surface area contributed by atoms with Crippen LogP contribution in [-0.4, -0.2) is 51.0 Å². The molecule has 0 unspecified atom stereocenters. The van der Waals surface area contributed by atoms with Gasteiger partial charge in [0.2, 0.25) is 5.95 Å². The van der Waals surface area contributed by atoms with E-state index in [1.54, 1.807) is 4.90 Å². The van der Waals surface area contributed by atoms with Crippen molar-refractivity contribution >= 4 is 23.2 Å². The van der Waals surface area contributed by atoms with Crippen molar-refractivity contribution in [2.24, 2.45) is 0 Å². The van der Waals surface area contributed by atoms with E-state index in [4.69, 9.17) is 12.2 Å². The quantitative estimate of drug-likeness (QED) is 0.744. The van der Waals surface area contributed by atoms with Gasteiger partial charge in [0.15, 0.2) is 0 Å². The van der Waals surface area contributed by atoms with Gasteiger partial charge in [-0.25, -0.2) is 9.97 Å². The molecule has 2 aromatic rings. The fraction of sp³-hybridized carbons (Fsp3) is 0.444. The second kappa shape index (κ2) is 7.75. The third-order valence-electron chi connectivity index (χ3n) is 4.33. The summed E-state index contributed by atoms with van der Waals surface area (Å²) in [6.07, 6.45) is -2.74. The highest BCUT2D eigenvalue weighted by Gasteiger charge is 2.33. The Labute approximate surface area is 161 Å². The Bertz CT molecular complexity index is 812. The Balaban J connectivity index is 1.61. The zero-order valence-corrected chi connectivity index (χ0v) is 15.9. The maximum absolute atomic E-state index is 12.8. The predicted octanol–water partition coefficient (Wildman–Crippen LogP) is 3.20. The van der Waals surface area contributed by atoms with Crippen molar-refractivity contribution in [3.63, 3.8) is 0 Å². The van der Waals surface area contributed by atoms with E-state index in [-0.39, 0.29) is 5.95 Å². The van der Waals surface area contributed by atoms with E-state index >= 15 is 0 Å². The molecule has 1 saturated heterocycles. The molecular weight excluding hydrogens is 375 g/mol. The van der Waals surface area contributed by atoms with Crippen LogP contribution in [0.5, 0.6) is 0 Å². The molecule has 0 N–H and O–H groups in total. The summed E-state index contributed by atoms with van der Waals surface area (Å²) in [4.78, 5) is 16.8. The van der Waals surface area contributed by atoms with Gasteiger partial charge in [0.25, 0.3) is 0 Å².